The van der Waals surface area contributed by atoms with E-state index in [1.54, 1.807) is 18.2 Å². The molecule has 0 aliphatic carbocycles. The molecule has 0 saturated carbocycles. The van der Waals surface area contributed by atoms with Crippen molar-refractivity contribution in [2.75, 3.05) is 0 Å². The first-order valence-electron chi connectivity index (χ1n) is 4.33. The lowest BCUT2D eigenvalue weighted by molar-refractivity contribution is -0.139. The van der Waals surface area contributed by atoms with Crippen molar-refractivity contribution in [2.45, 2.75) is 18.9 Å². The van der Waals surface area contributed by atoms with E-state index in [-0.39, 0.29) is 12.8 Å². The average Bonchev–Trinajstić information content (AvgIpc) is 2.08. The van der Waals surface area contributed by atoms with E-state index in [1.165, 1.54) is 0 Å². The van der Waals surface area contributed by atoms with Crippen LogP contribution in [-0.2, 0) is 11.2 Å². The standard InChI is InChI=1S/C10H10Cl2O3/c11-7-2-1-6(9(12)4-7)3-8(13)5-10(14)15/h1-2,4,8,13H,3,5H2,(H,14,15). The summed E-state index contributed by atoms with van der Waals surface area (Å²) in [6, 6.07) is 4.89. The molecule has 0 saturated heterocycles. The highest BCUT2D eigenvalue weighted by molar-refractivity contribution is 6.35. The third-order valence-corrected chi connectivity index (χ3v) is 2.47. The lowest BCUT2D eigenvalue weighted by atomic mass is 10.1. The monoisotopic (exact) mass is 248 g/mol. The minimum atomic E-state index is -1.03. The summed E-state index contributed by atoms with van der Waals surface area (Å²) in [6.45, 7) is 0. The Morgan fingerprint density at radius 3 is 2.60 bits per heavy atom. The van der Waals surface area contributed by atoms with Gasteiger partial charge in [0.15, 0.2) is 0 Å². The molecule has 5 heteroatoms. The van der Waals surface area contributed by atoms with Crippen molar-refractivity contribution in [3.05, 3.63) is 33.8 Å². The summed E-state index contributed by atoms with van der Waals surface area (Å²) in [4.78, 5) is 10.3. The van der Waals surface area contributed by atoms with E-state index in [2.05, 4.69) is 0 Å². The highest BCUT2D eigenvalue weighted by Gasteiger charge is 2.12. The molecule has 1 aromatic carbocycles. The van der Waals surface area contributed by atoms with Gasteiger partial charge in [-0.2, -0.15) is 0 Å². The van der Waals surface area contributed by atoms with E-state index >= 15 is 0 Å². The first kappa shape index (κ1) is 12.3. The molecule has 0 bridgehead atoms. The van der Waals surface area contributed by atoms with Gasteiger partial charge < -0.3 is 10.2 Å². The number of carboxylic acid groups (broad SMARTS) is 1. The summed E-state index contributed by atoms with van der Waals surface area (Å²) in [6.07, 6.45) is -1.01. The largest absolute Gasteiger partial charge is 0.481 e. The molecule has 2 N–H and O–H groups in total. The zero-order chi connectivity index (χ0) is 11.4. The quantitative estimate of drug-likeness (QED) is 0.861. The van der Waals surface area contributed by atoms with Gasteiger partial charge in [0.05, 0.1) is 12.5 Å². The molecule has 0 aliphatic rings. The molecule has 0 amide bonds. The van der Waals surface area contributed by atoms with Gasteiger partial charge in [-0.1, -0.05) is 29.3 Å². The molecule has 0 fully saturated rings. The number of hydrogen-bond donors (Lipinski definition) is 2. The molecular formula is C10H10Cl2O3. The molecule has 0 radical (unpaired) electrons. The van der Waals surface area contributed by atoms with Crippen LogP contribution < -0.4 is 0 Å². The van der Waals surface area contributed by atoms with Gasteiger partial charge in [0, 0.05) is 16.5 Å². The van der Waals surface area contributed by atoms with Crippen molar-refractivity contribution >= 4 is 29.2 Å². The van der Waals surface area contributed by atoms with Crippen LogP contribution in [0.3, 0.4) is 0 Å². The van der Waals surface area contributed by atoms with Gasteiger partial charge in [-0.05, 0) is 17.7 Å². The molecule has 1 unspecified atom stereocenters. The number of halogens is 2. The van der Waals surface area contributed by atoms with Crippen molar-refractivity contribution in [1.29, 1.82) is 0 Å². The van der Waals surface area contributed by atoms with Crippen LogP contribution in [0.2, 0.25) is 10.0 Å². The zero-order valence-electron chi connectivity index (χ0n) is 7.78. The van der Waals surface area contributed by atoms with Crippen LogP contribution in [0.15, 0.2) is 18.2 Å². The maximum atomic E-state index is 10.3. The van der Waals surface area contributed by atoms with Gasteiger partial charge in [0.25, 0.3) is 0 Å². The highest BCUT2D eigenvalue weighted by Crippen LogP contribution is 2.22. The molecule has 1 aromatic rings. The molecule has 1 atom stereocenters. The summed E-state index contributed by atoms with van der Waals surface area (Å²) < 4.78 is 0. The molecule has 3 nitrogen and oxygen atoms in total. The number of benzene rings is 1. The van der Waals surface area contributed by atoms with Gasteiger partial charge >= 0.3 is 5.97 Å². The van der Waals surface area contributed by atoms with Crippen molar-refractivity contribution in [2.24, 2.45) is 0 Å². The third kappa shape index (κ3) is 4.08. The second kappa shape index (κ2) is 5.35. The maximum Gasteiger partial charge on any atom is 0.305 e. The van der Waals surface area contributed by atoms with Crippen LogP contribution in [0.5, 0.6) is 0 Å². The Morgan fingerprint density at radius 2 is 2.07 bits per heavy atom. The van der Waals surface area contributed by atoms with E-state index in [0.717, 1.165) is 0 Å². The van der Waals surface area contributed by atoms with Crippen molar-refractivity contribution in [1.82, 2.24) is 0 Å². The van der Waals surface area contributed by atoms with Crippen molar-refractivity contribution < 1.29 is 15.0 Å². The van der Waals surface area contributed by atoms with Crippen LogP contribution >= 0.6 is 23.2 Å². The van der Waals surface area contributed by atoms with E-state index in [4.69, 9.17) is 28.3 Å². The Hall–Kier alpha value is -0.770. The van der Waals surface area contributed by atoms with Gasteiger partial charge in [-0.3, -0.25) is 4.79 Å². The molecule has 1 rings (SSSR count). The average molecular weight is 249 g/mol. The van der Waals surface area contributed by atoms with E-state index in [1.807, 2.05) is 0 Å². The first-order valence-corrected chi connectivity index (χ1v) is 5.08. The van der Waals surface area contributed by atoms with Gasteiger partial charge in [0.1, 0.15) is 0 Å². The van der Waals surface area contributed by atoms with E-state index in [9.17, 15) is 9.90 Å². The Labute approximate surface area is 97.2 Å². The summed E-state index contributed by atoms with van der Waals surface area (Å²) >= 11 is 11.6. The second-order valence-electron chi connectivity index (χ2n) is 3.19. The highest BCUT2D eigenvalue weighted by atomic mass is 35.5. The second-order valence-corrected chi connectivity index (χ2v) is 4.04. The lowest BCUT2D eigenvalue weighted by Crippen LogP contribution is -2.15. The minimum absolute atomic E-state index is 0.211. The lowest BCUT2D eigenvalue weighted by Gasteiger charge is -2.09. The van der Waals surface area contributed by atoms with Crippen molar-refractivity contribution in [3.8, 4) is 0 Å². The Morgan fingerprint density at radius 1 is 1.40 bits per heavy atom. The summed E-state index contributed by atoms with van der Waals surface area (Å²) in [5.74, 6) is -1.03. The van der Waals surface area contributed by atoms with Gasteiger partial charge in [0.2, 0.25) is 0 Å². The predicted molar refractivity (Wildman–Crippen MR) is 58.4 cm³/mol. The summed E-state index contributed by atoms with van der Waals surface area (Å²) in [7, 11) is 0. The Kier molecular flexibility index (Phi) is 4.39. The Balaban J connectivity index is 2.68. The molecular weight excluding hydrogens is 239 g/mol. The topological polar surface area (TPSA) is 57.5 Å². The summed E-state index contributed by atoms with van der Waals surface area (Å²) in [5.41, 5.74) is 0.690. The first-order chi connectivity index (χ1) is 6.99. The van der Waals surface area contributed by atoms with Crippen LogP contribution in [0.25, 0.3) is 0 Å². The van der Waals surface area contributed by atoms with Crippen LogP contribution in [-0.4, -0.2) is 22.3 Å². The van der Waals surface area contributed by atoms with Crippen LogP contribution in [0.4, 0.5) is 0 Å². The number of aliphatic hydroxyl groups is 1. The fourth-order valence-electron chi connectivity index (χ4n) is 1.21. The number of aliphatic hydroxyl groups excluding tert-OH is 1. The molecule has 0 aromatic heterocycles. The van der Waals surface area contributed by atoms with Gasteiger partial charge in [-0.15, -0.1) is 0 Å². The zero-order valence-corrected chi connectivity index (χ0v) is 9.29. The molecule has 15 heavy (non-hydrogen) atoms. The fraction of sp³-hybridized carbons (Fsp3) is 0.300. The predicted octanol–water partition coefficient (Wildman–Crippen LogP) is 2.37. The number of rotatable bonds is 4. The molecule has 0 heterocycles. The van der Waals surface area contributed by atoms with E-state index < -0.39 is 12.1 Å². The summed E-state index contributed by atoms with van der Waals surface area (Å²) in [5, 5.41) is 18.8. The minimum Gasteiger partial charge on any atom is -0.481 e. The third-order valence-electron chi connectivity index (χ3n) is 1.88. The van der Waals surface area contributed by atoms with E-state index in [0.29, 0.717) is 15.6 Å². The molecule has 0 spiro atoms. The van der Waals surface area contributed by atoms with Crippen LogP contribution in [0, 0.1) is 0 Å². The number of carbonyl (C=O) groups is 1. The normalized spacial score (nSPS) is 12.5. The molecule has 0 aliphatic heterocycles. The number of carboxylic acids is 1. The van der Waals surface area contributed by atoms with Crippen LogP contribution in [0.1, 0.15) is 12.0 Å². The Bertz CT molecular complexity index is 366. The number of aliphatic carboxylic acids is 1. The SMILES string of the molecule is O=C(O)CC(O)Cc1ccc(Cl)cc1Cl. The fourth-order valence-corrected chi connectivity index (χ4v) is 1.70. The smallest absolute Gasteiger partial charge is 0.305 e. The van der Waals surface area contributed by atoms with Crippen molar-refractivity contribution in [3.63, 3.8) is 0 Å². The number of hydrogen-bond acceptors (Lipinski definition) is 2. The van der Waals surface area contributed by atoms with Gasteiger partial charge in [-0.25, -0.2) is 0 Å². The maximum absolute atomic E-state index is 10.3. The molecule has 82 valence electrons.